The van der Waals surface area contributed by atoms with Crippen LogP contribution in [0.2, 0.25) is 0 Å². The van der Waals surface area contributed by atoms with Crippen LogP contribution < -0.4 is 5.73 Å². The molecule has 0 aromatic carbocycles. The maximum absolute atomic E-state index is 11.0. The fourth-order valence-corrected chi connectivity index (χ4v) is 1.77. The molecule has 0 radical (unpaired) electrons. The number of hydrogen-bond acceptors (Lipinski definition) is 5. The van der Waals surface area contributed by atoms with Gasteiger partial charge in [0, 0.05) is 4.88 Å². The first-order chi connectivity index (χ1) is 6.19. The Hall–Kier alpha value is -0.910. The monoisotopic (exact) mass is 201 g/mol. The van der Waals surface area contributed by atoms with Crippen molar-refractivity contribution >= 4 is 17.3 Å². The van der Waals surface area contributed by atoms with Gasteiger partial charge in [0.25, 0.3) is 0 Å². The first-order valence-electron chi connectivity index (χ1n) is 3.73. The Morgan fingerprint density at radius 1 is 1.77 bits per heavy atom. The molecular formula is C8H11NO3S. The number of methoxy groups -OCH3 is 1. The van der Waals surface area contributed by atoms with E-state index in [9.17, 15) is 4.79 Å². The Morgan fingerprint density at radius 2 is 2.46 bits per heavy atom. The molecule has 1 aromatic rings. The Morgan fingerprint density at radius 3 is 3.00 bits per heavy atom. The lowest BCUT2D eigenvalue weighted by Crippen LogP contribution is -2.12. The van der Waals surface area contributed by atoms with Crippen LogP contribution in [0, 0.1) is 0 Å². The van der Waals surface area contributed by atoms with Gasteiger partial charge in [-0.25, -0.2) is 4.79 Å². The van der Waals surface area contributed by atoms with Gasteiger partial charge in [0.2, 0.25) is 0 Å². The minimum absolute atomic E-state index is 0.124. The van der Waals surface area contributed by atoms with E-state index < -0.39 is 6.04 Å². The third-order valence-electron chi connectivity index (χ3n) is 1.58. The van der Waals surface area contributed by atoms with E-state index in [0.717, 1.165) is 4.88 Å². The van der Waals surface area contributed by atoms with Crippen LogP contribution in [0.15, 0.2) is 12.1 Å². The van der Waals surface area contributed by atoms with Gasteiger partial charge in [-0.2, -0.15) is 0 Å². The number of ether oxygens (including phenoxy) is 1. The Balaban J connectivity index is 2.80. The second-order valence-electron chi connectivity index (χ2n) is 2.48. The molecule has 13 heavy (non-hydrogen) atoms. The molecule has 4 nitrogen and oxygen atoms in total. The number of aliphatic hydroxyl groups excluding tert-OH is 1. The topological polar surface area (TPSA) is 72.5 Å². The summed E-state index contributed by atoms with van der Waals surface area (Å²) in [7, 11) is 1.33. The lowest BCUT2D eigenvalue weighted by atomic mass is 10.3. The number of aliphatic hydroxyl groups is 1. The largest absolute Gasteiger partial charge is 0.465 e. The average molecular weight is 201 g/mol. The zero-order valence-electron chi connectivity index (χ0n) is 7.19. The van der Waals surface area contributed by atoms with Crippen molar-refractivity contribution in [3.05, 3.63) is 21.9 Å². The zero-order valence-corrected chi connectivity index (χ0v) is 8.00. The number of esters is 1. The summed E-state index contributed by atoms with van der Waals surface area (Å²) in [5.74, 6) is -0.374. The van der Waals surface area contributed by atoms with Crippen molar-refractivity contribution in [1.82, 2.24) is 0 Å². The van der Waals surface area contributed by atoms with Crippen LogP contribution in [0.3, 0.4) is 0 Å². The molecule has 0 aliphatic heterocycles. The zero-order chi connectivity index (χ0) is 9.84. The fourth-order valence-electron chi connectivity index (χ4n) is 0.852. The highest BCUT2D eigenvalue weighted by atomic mass is 32.1. The van der Waals surface area contributed by atoms with Crippen molar-refractivity contribution in [2.45, 2.75) is 6.04 Å². The second-order valence-corrected chi connectivity index (χ2v) is 3.60. The van der Waals surface area contributed by atoms with Crippen molar-refractivity contribution < 1.29 is 14.6 Å². The molecule has 1 aromatic heterocycles. The standard InChI is InChI=1S/C8H11NO3S/c1-12-8(11)7-3-2-6(13-7)5(9)4-10/h2-3,5,10H,4,9H2,1H3. The third kappa shape index (κ3) is 2.27. The number of carbonyl (C=O) groups excluding carboxylic acids is 1. The molecule has 3 N–H and O–H groups in total. The van der Waals surface area contributed by atoms with Gasteiger partial charge < -0.3 is 15.6 Å². The molecule has 1 rings (SSSR count). The van der Waals surface area contributed by atoms with Gasteiger partial charge in [0.1, 0.15) is 4.88 Å². The lowest BCUT2D eigenvalue weighted by molar-refractivity contribution is 0.0606. The Bertz CT molecular complexity index is 297. The summed E-state index contributed by atoms with van der Waals surface area (Å²) in [6.07, 6.45) is 0. The molecule has 0 amide bonds. The fraction of sp³-hybridized carbons (Fsp3) is 0.375. The minimum Gasteiger partial charge on any atom is -0.465 e. The number of carbonyl (C=O) groups is 1. The maximum Gasteiger partial charge on any atom is 0.348 e. The molecule has 1 heterocycles. The van der Waals surface area contributed by atoms with Crippen LogP contribution in [0.1, 0.15) is 20.6 Å². The summed E-state index contributed by atoms with van der Waals surface area (Å²) in [4.78, 5) is 12.3. The van der Waals surface area contributed by atoms with Crippen molar-refractivity contribution in [1.29, 1.82) is 0 Å². The molecule has 0 saturated carbocycles. The number of thiophene rings is 1. The van der Waals surface area contributed by atoms with E-state index in [-0.39, 0.29) is 12.6 Å². The van der Waals surface area contributed by atoms with Crippen LogP contribution in [0.4, 0.5) is 0 Å². The molecule has 0 bridgehead atoms. The lowest BCUT2D eigenvalue weighted by Gasteiger charge is -2.02. The van der Waals surface area contributed by atoms with E-state index in [4.69, 9.17) is 10.8 Å². The van der Waals surface area contributed by atoms with E-state index in [0.29, 0.717) is 4.88 Å². The van der Waals surface area contributed by atoms with Gasteiger partial charge in [-0.15, -0.1) is 11.3 Å². The third-order valence-corrected chi connectivity index (χ3v) is 2.77. The van der Waals surface area contributed by atoms with Gasteiger partial charge in [-0.3, -0.25) is 0 Å². The van der Waals surface area contributed by atoms with E-state index in [1.54, 1.807) is 12.1 Å². The molecule has 0 saturated heterocycles. The van der Waals surface area contributed by atoms with Gasteiger partial charge in [-0.1, -0.05) is 0 Å². The molecular weight excluding hydrogens is 190 g/mol. The summed E-state index contributed by atoms with van der Waals surface area (Å²) < 4.78 is 4.53. The number of rotatable bonds is 3. The maximum atomic E-state index is 11.0. The first kappa shape index (κ1) is 10.2. The highest BCUT2D eigenvalue weighted by Gasteiger charge is 2.12. The van der Waals surface area contributed by atoms with Gasteiger partial charge in [0.05, 0.1) is 19.8 Å². The van der Waals surface area contributed by atoms with Crippen LogP contribution in [-0.4, -0.2) is 24.8 Å². The number of hydrogen-bond donors (Lipinski definition) is 2. The second kappa shape index (κ2) is 4.36. The van der Waals surface area contributed by atoms with E-state index in [1.165, 1.54) is 18.4 Å². The summed E-state index contributed by atoms with van der Waals surface area (Å²) in [6.45, 7) is -0.124. The van der Waals surface area contributed by atoms with E-state index in [1.807, 2.05) is 0 Å². The Labute approximate surface area is 79.9 Å². The molecule has 0 aliphatic rings. The van der Waals surface area contributed by atoms with Crippen LogP contribution in [-0.2, 0) is 4.74 Å². The highest BCUT2D eigenvalue weighted by Crippen LogP contribution is 2.21. The molecule has 1 unspecified atom stereocenters. The predicted octanol–water partition coefficient (Wildman–Crippen LogP) is 0.527. The van der Waals surface area contributed by atoms with Crippen LogP contribution in [0.25, 0.3) is 0 Å². The van der Waals surface area contributed by atoms with Crippen molar-refractivity contribution in [3.8, 4) is 0 Å². The molecule has 1 atom stereocenters. The molecule has 5 heteroatoms. The SMILES string of the molecule is COC(=O)c1ccc(C(N)CO)s1. The minimum atomic E-state index is -0.414. The smallest absolute Gasteiger partial charge is 0.348 e. The van der Waals surface area contributed by atoms with Crippen LogP contribution in [0.5, 0.6) is 0 Å². The first-order valence-corrected chi connectivity index (χ1v) is 4.55. The predicted molar refractivity (Wildman–Crippen MR) is 49.7 cm³/mol. The Kier molecular flexibility index (Phi) is 3.41. The summed E-state index contributed by atoms with van der Waals surface area (Å²) in [6, 6.07) is 2.95. The summed E-state index contributed by atoms with van der Waals surface area (Å²) in [5, 5.41) is 8.76. The van der Waals surface area contributed by atoms with Crippen molar-refractivity contribution in [2.75, 3.05) is 13.7 Å². The summed E-state index contributed by atoms with van der Waals surface area (Å²) >= 11 is 1.24. The molecule has 0 fully saturated rings. The van der Waals surface area contributed by atoms with E-state index in [2.05, 4.69) is 4.74 Å². The van der Waals surface area contributed by atoms with Gasteiger partial charge >= 0.3 is 5.97 Å². The normalized spacial score (nSPS) is 12.5. The molecule has 0 spiro atoms. The van der Waals surface area contributed by atoms with Crippen LogP contribution >= 0.6 is 11.3 Å². The highest BCUT2D eigenvalue weighted by molar-refractivity contribution is 7.14. The van der Waals surface area contributed by atoms with E-state index >= 15 is 0 Å². The summed E-state index contributed by atoms with van der Waals surface area (Å²) in [5.41, 5.74) is 5.56. The molecule has 0 aliphatic carbocycles. The number of nitrogens with two attached hydrogens (primary N) is 1. The molecule has 72 valence electrons. The average Bonchev–Trinajstić information content (AvgIpc) is 2.64. The quantitative estimate of drug-likeness (QED) is 0.699. The van der Waals surface area contributed by atoms with Gasteiger partial charge in [0.15, 0.2) is 0 Å². The van der Waals surface area contributed by atoms with Crippen molar-refractivity contribution in [3.63, 3.8) is 0 Å². The van der Waals surface area contributed by atoms with Crippen molar-refractivity contribution in [2.24, 2.45) is 5.73 Å². The van der Waals surface area contributed by atoms with Gasteiger partial charge in [-0.05, 0) is 12.1 Å².